The first-order chi connectivity index (χ1) is 8.29. The second kappa shape index (κ2) is 5.61. The van der Waals surface area contributed by atoms with Crippen LogP contribution in [0.5, 0.6) is 0 Å². The van der Waals surface area contributed by atoms with Crippen LogP contribution in [-0.2, 0) is 6.42 Å². The fourth-order valence-electron chi connectivity index (χ4n) is 1.42. The van der Waals surface area contributed by atoms with E-state index < -0.39 is 0 Å². The Labute approximate surface area is 105 Å². The standard InChI is InChI=1S/C12H13ClN4/c13-9-3-1-2-4-10(9)16-12-6-8-15-11(17-12)5-7-14/h1-4,6,8H,5,7,14H2,(H,15,16,17). The van der Waals surface area contributed by atoms with Crippen LogP contribution < -0.4 is 11.1 Å². The number of nitrogens with one attached hydrogen (secondary N) is 1. The molecule has 5 heteroatoms. The van der Waals surface area contributed by atoms with E-state index in [9.17, 15) is 0 Å². The average molecular weight is 249 g/mol. The highest BCUT2D eigenvalue weighted by Gasteiger charge is 2.02. The lowest BCUT2D eigenvalue weighted by molar-refractivity contribution is 0.870. The SMILES string of the molecule is NCCc1nccc(Nc2ccccc2Cl)n1. The van der Waals surface area contributed by atoms with Crippen LogP contribution >= 0.6 is 11.6 Å². The van der Waals surface area contributed by atoms with Crippen molar-refractivity contribution in [2.75, 3.05) is 11.9 Å². The Hall–Kier alpha value is -1.65. The molecule has 1 aromatic heterocycles. The fraction of sp³-hybridized carbons (Fsp3) is 0.167. The van der Waals surface area contributed by atoms with Gasteiger partial charge in [-0.3, -0.25) is 0 Å². The van der Waals surface area contributed by atoms with Gasteiger partial charge in [0.2, 0.25) is 0 Å². The molecule has 2 rings (SSSR count). The molecule has 0 saturated carbocycles. The number of para-hydroxylation sites is 1. The quantitative estimate of drug-likeness (QED) is 0.872. The second-order valence-electron chi connectivity index (χ2n) is 3.50. The van der Waals surface area contributed by atoms with Crippen molar-refractivity contribution in [3.8, 4) is 0 Å². The first kappa shape index (κ1) is 11.8. The number of aromatic nitrogens is 2. The zero-order valence-electron chi connectivity index (χ0n) is 9.23. The van der Waals surface area contributed by atoms with E-state index in [0.29, 0.717) is 18.0 Å². The third-order valence-electron chi connectivity index (χ3n) is 2.21. The molecule has 0 aliphatic rings. The molecule has 0 atom stereocenters. The summed E-state index contributed by atoms with van der Waals surface area (Å²) in [5.74, 6) is 1.45. The van der Waals surface area contributed by atoms with Crippen LogP contribution in [0.2, 0.25) is 5.02 Å². The normalized spacial score (nSPS) is 10.2. The maximum atomic E-state index is 6.05. The van der Waals surface area contributed by atoms with E-state index >= 15 is 0 Å². The van der Waals surface area contributed by atoms with Gasteiger partial charge in [0, 0.05) is 12.6 Å². The molecule has 1 heterocycles. The summed E-state index contributed by atoms with van der Waals surface area (Å²) in [6.45, 7) is 0.537. The van der Waals surface area contributed by atoms with Crippen molar-refractivity contribution in [1.29, 1.82) is 0 Å². The van der Waals surface area contributed by atoms with Crippen molar-refractivity contribution in [2.45, 2.75) is 6.42 Å². The minimum Gasteiger partial charge on any atom is -0.339 e. The van der Waals surface area contributed by atoms with E-state index in [1.807, 2.05) is 24.3 Å². The lowest BCUT2D eigenvalue weighted by Gasteiger charge is -2.07. The van der Waals surface area contributed by atoms with Gasteiger partial charge in [0.1, 0.15) is 11.6 Å². The van der Waals surface area contributed by atoms with Crippen LogP contribution in [0.1, 0.15) is 5.82 Å². The molecule has 0 bridgehead atoms. The van der Waals surface area contributed by atoms with Crippen molar-refractivity contribution in [3.05, 3.63) is 47.4 Å². The van der Waals surface area contributed by atoms with Gasteiger partial charge in [-0.2, -0.15) is 0 Å². The molecule has 0 fully saturated rings. The van der Waals surface area contributed by atoms with Gasteiger partial charge in [-0.1, -0.05) is 23.7 Å². The number of benzene rings is 1. The van der Waals surface area contributed by atoms with Crippen LogP contribution in [0.3, 0.4) is 0 Å². The molecule has 0 amide bonds. The third-order valence-corrected chi connectivity index (χ3v) is 2.54. The van der Waals surface area contributed by atoms with Crippen LogP contribution in [-0.4, -0.2) is 16.5 Å². The zero-order chi connectivity index (χ0) is 12.1. The predicted molar refractivity (Wildman–Crippen MR) is 69.5 cm³/mol. The molecule has 4 nitrogen and oxygen atoms in total. The second-order valence-corrected chi connectivity index (χ2v) is 3.91. The van der Waals surface area contributed by atoms with Gasteiger partial charge >= 0.3 is 0 Å². The summed E-state index contributed by atoms with van der Waals surface area (Å²) in [5.41, 5.74) is 6.29. The van der Waals surface area contributed by atoms with E-state index in [1.165, 1.54) is 0 Å². The van der Waals surface area contributed by atoms with Crippen LogP contribution in [0.25, 0.3) is 0 Å². The van der Waals surface area contributed by atoms with E-state index in [1.54, 1.807) is 12.3 Å². The lowest BCUT2D eigenvalue weighted by atomic mass is 10.3. The lowest BCUT2D eigenvalue weighted by Crippen LogP contribution is -2.07. The number of halogens is 1. The number of anilines is 2. The third kappa shape index (κ3) is 3.15. The average Bonchev–Trinajstić information content (AvgIpc) is 2.33. The van der Waals surface area contributed by atoms with Gasteiger partial charge in [-0.25, -0.2) is 9.97 Å². The Morgan fingerprint density at radius 2 is 2.06 bits per heavy atom. The molecular formula is C12H13ClN4. The molecule has 0 unspecified atom stereocenters. The van der Waals surface area contributed by atoms with Crippen molar-refractivity contribution >= 4 is 23.1 Å². The zero-order valence-corrected chi connectivity index (χ0v) is 9.98. The molecule has 0 saturated heterocycles. The summed E-state index contributed by atoms with van der Waals surface area (Å²) >= 11 is 6.05. The van der Waals surface area contributed by atoms with E-state index in [4.69, 9.17) is 17.3 Å². The predicted octanol–water partition coefficient (Wildman–Crippen LogP) is 2.37. The van der Waals surface area contributed by atoms with E-state index in [-0.39, 0.29) is 0 Å². The summed E-state index contributed by atoms with van der Waals surface area (Å²) in [6, 6.07) is 9.31. The topological polar surface area (TPSA) is 63.8 Å². The Bertz CT molecular complexity index is 501. The Balaban J connectivity index is 2.18. The highest BCUT2D eigenvalue weighted by Crippen LogP contribution is 2.23. The molecule has 0 aliphatic heterocycles. The molecular weight excluding hydrogens is 236 g/mol. The van der Waals surface area contributed by atoms with E-state index in [2.05, 4.69) is 15.3 Å². The summed E-state index contributed by atoms with van der Waals surface area (Å²) in [5, 5.41) is 3.81. The smallest absolute Gasteiger partial charge is 0.134 e. The Morgan fingerprint density at radius 3 is 2.82 bits per heavy atom. The number of rotatable bonds is 4. The first-order valence-corrected chi connectivity index (χ1v) is 5.71. The molecule has 0 aliphatic carbocycles. The van der Waals surface area contributed by atoms with Crippen molar-refractivity contribution in [2.24, 2.45) is 5.73 Å². The van der Waals surface area contributed by atoms with Gasteiger partial charge in [0.25, 0.3) is 0 Å². The summed E-state index contributed by atoms with van der Waals surface area (Å²) in [7, 11) is 0. The van der Waals surface area contributed by atoms with E-state index in [0.717, 1.165) is 17.3 Å². The fourth-order valence-corrected chi connectivity index (χ4v) is 1.60. The number of nitrogens with two attached hydrogens (primary N) is 1. The molecule has 17 heavy (non-hydrogen) atoms. The largest absolute Gasteiger partial charge is 0.339 e. The van der Waals surface area contributed by atoms with Gasteiger partial charge in [-0.15, -0.1) is 0 Å². The van der Waals surface area contributed by atoms with Gasteiger partial charge < -0.3 is 11.1 Å². The molecule has 0 radical (unpaired) electrons. The highest BCUT2D eigenvalue weighted by molar-refractivity contribution is 6.33. The van der Waals surface area contributed by atoms with Crippen LogP contribution in [0, 0.1) is 0 Å². The maximum Gasteiger partial charge on any atom is 0.134 e. The Kier molecular flexibility index (Phi) is 3.90. The number of hydrogen-bond acceptors (Lipinski definition) is 4. The maximum absolute atomic E-state index is 6.05. The van der Waals surface area contributed by atoms with Gasteiger partial charge in [0.15, 0.2) is 0 Å². The first-order valence-electron chi connectivity index (χ1n) is 5.33. The monoisotopic (exact) mass is 248 g/mol. The van der Waals surface area contributed by atoms with Crippen molar-refractivity contribution < 1.29 is 0 Å². The number of nitrogens with zero attached hydrogens (tertiary/aromatic N) is 2. The summed E-state index contributed by atoms with van der Waals surface area (Å²) in [4.78, 5) is 8.47. The van der Waals surface area contributed by atoms with Crippen molar-refractivity contribution in [1.82, 2.24) is 9.97 Å². The Morgan fingerprint density at radius 1 is 1.24 bits per heavy atom. The van der Waals surface area contributed by atoms with Crippen molar-refractivity contribution in [3.63, 3.8) is 0 Å². The van der Waals surface area contributed by atoms with Gasteiger partial charge in [0.05, 0.1) is 10.7 Å². The summed E-state index contributed by atoms with van der Waals surface area (Å²) < 4.78 is 0. The van der Waals surface area contributed by atoms with Crippen LogP contribution in [0.15, 0.2) is 36.5 Å². The molecule has 3 N–H and O–H groups in total. The van der Waals surface area contributed by atoms with Gasteiger partial charge in [-0.05, 0) is 24.7 Å². The molecule has 0 spiro atoms. The number of hydrogen-bond donors (Lipinski definition) is 2. The summed E-state index contributed by atoms with van der Waals surface area (Å²) in [6.07, 6.45) is 2.37. The molecule has 2 aromatic rings. The van der Waals surface area contributed by atoms with Crippen LogP contribution in [0.4, 0.5) is 11.5 Å². The molecule has 88 valence electrons. The minimum absolute atomic E-state index is 0.537. The highest BCUT2D eigenvalue weighted by atomic mass is 35.5. The molecule has 1 aromatic carbocycles. The minimum atomic E-state index is 0.537.